The molecular formula is C19H18FNO3. The van der Waals surface area contributed by atoms with E-state index < -0.39 is 18.0 Å². The van der Waals surface area contributed by atoms with Gasteiger partial charge in [-0.3, -0.25) is 9.69 Å². The zero-order chi connectivity index (χ0) is 16.9. The molecular weight excluding hydrogens is 309 g/mol. The molecule has 0 aromatic heterocycles. The minimum absolute atomic E-state index is 0.0157. The van der Waals surface area contributed by atoms with Gasteiger partial charge in [0.2, 0.25) is 0 Å². The van der Waals surface area contributed by atoms with Crippen molar-refractivity contribution < 1.29 is 18.7 Å². The van der Waals surface area contributed by atoms with Crippen LogP contribution in [0.2, 0.25) is 0 Å². The van der Waals surface area contributed by atoms with E-state index in [0.29, 0.717) is 18.7 Å². The third-order valence-corrected chi connectivity index (χ3v) is 4.13. The van der Waals surface area contributed by atoms with Crippen molar-refractivity contribution in [2.24, 2.45) is 0 Å². The van der Waals surface area contributed by atoms with E-state index in [-0.39, 0.29) is 11.3 Å². The standard InChI is InChI=1S/C19H18FNO3/c20-16-11-5-4-10-15(16)18(22)17-12-6-7-13-21(17)19(23)24-14-8-2-1-3-9-14/h1-5,8-11,17H,6-7,12-13H2. The Morgan fingerprint density at radius 3 is 2.46 bits per heavy atom. The van der Waals surface area contributed by atoms with E-state index in [1.54, 1.807) is 30.3 Å². The Morgan fingerprint density at radius 2 is 1.71 bits per heavy atom. The lowest BCUT2D eigenvalue weighted by molar-refractivity contribution is 0.0727. The predicted octanol–water partition coefficient (Wildman–Crippen LogP) is 4.06. The first kappa shape index (κ1) is 16.2. The van der Waals surface area contributed by atoms with Crippen LogP contribution in [0, 0.1) is 5.82 Å². The molecule has 1 aliphatic heterocycles. The van der Waals surface area contributed by atoms with E-state index in [1.807, 2.05) is 6.07 Å². The zero-order valence-electron chi connectivity index (χ0n) is 13.2. The van der Waals surface area contributed by atoms with Crippen LogP contribution in [-0.2, 0) is 0 Å². The Balaban J connectivity index is 1.79. The molecule has 3 rings (SSSR count). The van der Waals surface area contributed by atoms with Crippen LogP contribution in [-0.4, -0.2) is 29.4 Å². The number of amides is 1. The SMILES string of the molecule is O=C(c1ccccc1F)C1CCCCN1C(=O)Oc1ccccc1. The number of likely N-dealkylation sites (tertiary alicyclic amines) is 1. The lowest BCUT2D eigenvalue weighted by Gasteiger charge is -2.33. The van der Waals surface area contributed by atoms with Crippen molar-refractivity contribution in [3.05, 3.63) is 66.0 Å². The van der Waals surface area contributed by atoms with Crippen LogP contribution in [0.5, 0.6) is 5.75 Å². The zero-order valence-corrected chi connectivity index (χ0v) is 13.2. The number of halogens is 1. The average Bonchev–Trinajstić information content (AvgIpc) is 2.62. The highest BCUT2D eigenvalue weighted by atomic mass is 19.1. The molecule has 5 heteroatoms. The number of Topliss-reactive ketones (excluding diaryl/α,β-unsaturated/α-hetero) is 1. The Kier molecular flexibility index (Phi) is 4.89. The highest BCUT2D eigenvalue weighted by Crippen LogP contribution is 2.23. The molecule has 1 aliphatic rings. The van der Waals surface area contributed by atoms with Crippen LogP contribution >= 0.6 is 0 Å². The van der Waals surface area contributed by atoms with Gasteiger partial charge in [0.1, 0.15) is 11.6 Å². The number of benzene rings is 2. The second-order valence-electron chi connectivity index (χ2n) is 5.73. The second kappa shape index (κ2) is 7.25. The highest BCUT2D eigenvalue weighted by Gasteiger charge is 2.34. The highest BCUT2D eigenvalue weighted by molar-refractivity contribution is 6.01. The van der Waals surface area contributed by atoms with Crippen LogP contribution in [0.4, 0.5) is 9.18 Å². The lowest BCUT2D eigenvalue weighted by Crippen LogP contribution is -2.49. The molecule has 2 aromatic carbocycles. The number of hydrogen-bond donors (Lipinski definition) is 0. The van der Waals surface area contributed by atoms with E-state index in [4.69, 9.17) is 4.74 Å². The summed E-state index contributed by atoms with van der Waals surface area (Å²) in [6.45, 7) is 0.427. The van der Waals surface area contributed by atoms with Crippen molar-refractivity contribution >= 4 is 11.9 Å². The monoisotopic (exact) mass is 327 g/mol. The molecule has 0 saturated carbocycles. The van der Waals surface area contributed by atoms with Gasteiger partial charge in [-0.25, -0.2) is 9.18 Å². The molecule has 24 heavy (non-hydrogen) atoms. The first-order valence-corrected chi connectivity index (χ1v) is 7.99. The van der Waals surface area contributed by atoms with Crippen molar-refractivity contribution in [3.8, 4) is 5.75 Å². The van der Waals surface area contributed by atoms with Gasteiger partial charge in [-0.05, 0) is 43.5 Å². The summed E-state index contributed by atoms with van der Waals surface area (Å²) in [6.07, 6.45) is 1.55. The van der Waals surface area contributed by atoms with Gasteiger partial charge in [-0.15, -0.1) is 0 Å². The van der Waals surface area contributed by atoms with Gasteiger partial charge < -0.3 is 4.74 Å². The molecule has 1 unspecified atom stereocenters. The number of carbonyl (C=O) groups excluding carboxylic acids is 2. The van der Waals surface area contributed by atoms with Crippen LogP contribution < -0.4 is 4.74 Å². The van der Waals surface area contributed by atoms with Crippen molar-refractivity contribution in [3.63, 3.8) is 0 Å². The Labute approximate surface area is 139 Å². The molecule has 1 fully saturated rings. The number of ketones is 1. The molecule has 1 atom stereocenters. The van der Waals surface area contributed by atoms with Crippen molar-refractivity contribution in [2.45, 2.75) is 25.3 Å². The van der Waals surface area contributed by atoms with Gasteiger partial charge in [0.15, 0.2) is 5.78 Å². The topological polar surface area (TPSA) is 46.6 Å². The second-order valence-corrected chi connectivity index (χ2v) is 5.73. The summed E-state index contributed by atoms with van der Waals surface area (Å²) in [6, 6.07) is 13.9. The molecule has 0 N–H and O–H groups in total. The molecule has 0 spiro atoms. The smallest absolute Gasteiger partial charge is 0.410 e. The molecule has 1 heterocycles. The summed E-state index contributed by atoms with van der Waals surface area (Å²) in [5, 5.41) is 0. The quantitative estimate of drug-likeness (QED) is 0.799. The number of nitrogens with zero attached hydrogens (tertiary/aromatic N) is 1. The fourth-order valence-electron chi connectivity index (χ4n) is 2.91. The molecule has 0 bridgehead atoms. The van der Waals surface area contributed by atoms with E-state index in [1.165, 1.54) is 23.1 Å². The number of piperidine rings is 1. The average molecular weight is 327 g/mol. The summed E-state index contributed by atoms with van der Waals surface area (Å²) in [7, 11) is 0. The maximum atomic E-state index is 13.9. The largest absolute Gasteiger partial charge is 0.415 e. The Bertz CT molecular complexity index is 732. The fraction of sp³-hybridized carbons (Fsp3) is 0.263. The minimum Gasteiger partial charge on any atom is -0.410 e. The molecule has 1 saturated heterocycles. The lowest BCUT2D eigenvalue weighted by atomic mass is 9.94. The third kappa shape index (κ3) is 3.45. The maximum Gasteiger partial charge on any atom is 0.415 e. The fourth-order valence-corrected chi connectivity index (χ4v) is 2.91. The summed E-state index contributed by atoms with van der Waals surface area (Å²) in [5.41, 5.74) is 0.0157. The molecule has 0 radical (unpaired) electrons. The molecule has 2 aromatic rings. The number of para-hydroxylation sites is 1. The van der Waals surface area contributed by atoms with Crippen LogP contribution in [0.25, 0.3) is 0 Å². The number of ether oxygens (including phenoxy) is 1. The number of rotatable bonds is 3. The van der Waals surface area contributed by atoms with Gasteiger partial charge in [0.05, 0.1) is 11.6 Å². The molecule has 124 valence electrons. The van der Waals surface area contributed by atoms with Crippen molar-refractivity contribution in [1.29, 1.82) is 0 Å². The molecule has 0 aliphatic carbocycles. The van der Waals surface area contributed by atoms with Gasteiger partial charge in [-0.1, -0.05) is 30.3 Å². The van der Waals surface area contributed by atoms with Gasteiger partial charge in [-0.2, -0.15) is 0 Å². The summed E-state index contributed by atoms with van der Waals surface area (Å²) in [5.74, 6) is -0.521. The number of hydrogen-bond acceptors (Lipinski definition) is 3. The van der Waals surface area contributed by atoms with Gasteiger partial charge >= 0.3 is 6.09 Å². The van der Waals surface area contributed by atoms with Crippen molar-refractivity contribution in [1.82, 2.24) is 4.90 Å². The first-order chi connectivity index (χ1) is 11.7. The van der Waals surface area contributed by atoms with Crippen LogP contribution in [0.3, 0.4) is 0 Å². The first-order valence-electron chi connectivity index (χ1n) is 7.99. The Morgan fingerprint density at radius 1 is 1.00 bits per heavy atom. The van der Waals surface area contributed by atoms with Crippen LogP contribution in [0.15, 0.2) is 54.6 Å². The van der Waals surface area contributed by atoms with E-state index >= 15 is 0 Å². The van der Waals surface area contributed by atoms with E-state index in [2.05, 4.69) is 0 Å². The maximum absolute atomic E-state index is 13.9. The van der Waals surface area contributed by atoms with Crippen LogP contribution in [0.1, 0.15) is 29.6 Å². The molecule has 1 amide bonds. The van der Waals surface area contributed by atoms with Gasteiger partial charge in [0.25, 0.3) is 0 Å². The predicted molar refractivity (Wildman–Crippen MR) is 87.5 cm³/mol. The van der Waals surface area contributed by atoms with E-state index in [9.17, 15) is 14.0 Å². The van der Waals surface area contributed by atoms with Gasteiger partial charge in [0, 0.05) is 6.54 Å². The molecule has 4 nitrogen and oxygen atoms in total. The summed E-state index contributed by atoms with van der Waals surface area (Å²) in [4.78, 5) is 26.6. The summed E-state index contributed by atoms with van der Waals surface area (Å²) >= 11 is 0. The summed E-state index contributed by atoms with van der Waals surface area (Å²) < 4.78 is 19.3. The van der Waals surface area contributed by atoms with E-state index in [0.717, 1.165) is 12.8 Å². The Hall–Kier alpha value is -2.69. The third-order valence-electron chi connectivity index (χ3n) is 4.13. The van der Waals surface area contributed by atoms with Crippen molar-refractivity contribution in [2.75, 3.05) is 6.54 Å². The minimum atomic E-state index is -0.688. The number of carbonyl (C=O) groups is 2. The normalized spacial score (nSPS) is 17.4.